The lowest BCUT2D eigenvalue weighted by Gasteiger charge is -2.41. The zero-order chi connectivity index (χ0) is 13.1. The number of anilines is 1. The summed E-state index contributed by atoms with van der Waals surface area (Å²) in [6.45, 7) is 6.47. The van der Waals surface area contributed by atoms with Crippen molar-refractivity contribution in [2.45, 2.75) is 25.9 Å². The molecule has 1 aromatic heterocycles. The third-order valence-corrected chi connectivity index (χ3v) is 3.28. The first-order chi connectivity index (χ1) is 8.59. The Morgan fingerprint density at radius 1 is 1.39 bits per heavy atom. The molecule has 1 aromatic rings. The highest BCUT2D eigenvalue weighted by molar-refractivity contribution is 5.83. The highest BCUT2D eigenvalue weighted by atomic mass is 16.1. The van der Waals surface area contributed by atoms with Crippen molar-refractivity contribution in [3.63, 3.8) is 0 Å². The summed E-state index contributed by atoms with van der Waals surface area (Å²) in [7, 11) is 0. The molecular weight excluding hydrogens is 230 g/mol. The Hall–Kier alpha value is -1.69. The minimum atomic E-state index is -0.358. The molecule has 1 unspecified atom stereocenters. The Kier molecular flexibility index (Phi) is 3.76. The fourth-order valence-corrected chi connectivity index (χ4v) is 2.20. The molecule has 1 amide bonds. The van der Waals surface area contributed by atoms with E-state index in [1.807, 2.05) is 4.90 Å². The molecule has 0 radical (unpaired) electrons. The second-order valence-electron chi connectivity index (χ2n) is 4.75. The number of carbonyl (C=O) groups excluding carboxylic acids is 1. The van der Waals surface area contributed by atoms with Crippen molar-refractivity contribution < 1.29 is 4.79 Å². The summed E-state index contributed by atoms with van der Waals surface area (Å²) >= 11 is 0. The SMILES string of the molecule is CC(C)N1CCN(c2ncccn2)C(C(N)=O)C1. The van der Waals surface area contributed by atoms with Gasteiger partial charge in [-0.25, -0.2) is 9.97 Å². The Morgan fingerprint density at radius 2 is 2.06 bits per heavy atom. The number of hydrogen-bond acceptors (Lipinski definition) is 5. The maximum Gasteiger partial charge on any atom is 0.241 e. The first kappa shape index (κ1) is 12.8. The van der Waals surface area contributed by atoms with Crippen LogP contribution < -0.4 is 10.6 Å². The Labute approximate surface area is 107 Å². The average Bonchev–Trinajstić information content (AvgIpc) is 2.39. The monoisotopic (exact) mass is 249 g/mol. The summed E-state index contributed by atoms with van der Waals surface area (Å²) in [5, 5.41) is 0. The van der Waals surface area contributed by atoms with Crippen molar-refractivity contribution in [3.05, 3.63) is 18.5 Å². The fourth-order valence-electron chi connectivity index (χ4n) is 2.20. The fraction of sp³-hybridized carbons (Fsp3) is 0.583. The number of amides is 1. The van der Waals surface area contributed by atoms with E-state index in [0.29, 0.717) is 18.5 Å². The summed E-state index contributed by atoms with van der Waals surface area (Å²) in [5.74, 6) is 0.248. The van der Waals surface area contributed by atoms with E-state index in [9.17, 15) is 4.79 Å². The van der Waals surface area contributed by atoms with Crippen LogP contribution in [0.1, 0.15) is 13.8 Å². The Morgan fingerprint density at radius 3 is 2.61 bits per heavy atom. The Balaban J connectivity index is 2.19. The zero-order valence-electron chi connectivity index (χ0n) is 10.8. The van der Waals surface area contributed by atoms with Crippen molar-refractivity contribution in [2.24, 2.45) is 5.73 Å². The zero-order valence-corrected chi connectivity index (χ0v) is 10.8. The minimum Gasteiger partial charge on any atom is -0.368 e. The summed E-state index contributed by atoms with van der Waals surface area (Å²) < 4.78 is 0. The first-order valence-electron chi connectivity index (χ1n) is 6.16. The molecule has 6 nitrogen and oxygen atoms in total. The molecule has 1 aliphatic heterocycles. The molecule has 2 heterocycles. The molecule has 98 valence electrons. The van der Waals surface area contributed by atoms with Gasteiger partial charge in [0.05, 0.1) is 0 Å². The van der Waals surface area contributed by atoms with E-state index in [1.54, 1.807) is 18.5 Å². The maximum atomic E-state index is 11.6. The van der Waals surface area contributed by atoms with Gasteiger partial charge in [-0.2, -0.15) is 0 Å². The second kappa shape index (κ2) is 5.30. The predicted octanol–water partition coefficient (Wildman–Crippen LogP) is -0.139. The van der Waals surface area contributed by atoms with Crippen LogP contribution in [0.5, 0.6) is 0 Å². The molecule has 0 spiro atoms. The summed E-state index contributed by atoms with van der Waals surface area (Å²) in [6, 6.07) is 1.81. The van der Waals surface area contributed by atoms with E-state index in [-0.39, 0.29) is 11.9 Å². The summed E-state index contributed by atoms with van der Waals surface area (Å²) in [5.41, 5.74) is 5.49. The summed E-state index contributed by atoms with van der Waals surface area (Å²) in [4.78, 5) is 24.1. The number of piperazine rings is 1. The molecule has 1 fully saturated rings. The minimum absolute atomic E-state index is 0.326. The molecule has 1 aliphatic rings. The van der Waals surface area contributed by atoms with Crippen LogP contribution >= 0.6 is 0 Å². The average molecular weight is 249 g/mol. The molecule has 6 heteroatoms. The van der Waals surface area contributed by atoms with E-state index >= 15 is 0 Å². The standard InChI is InChI=1S/C12H19N5O/c1-9(2)16-6-7-17(10(8-16)11(13)18)12-14-4-3-5-15-12/h3-5,9-10H,6-8H2,1-2H3,(H2,13,18). The van der Waals surface area contributed by atoms with Gasteiger partial charge < -0.3 is 10.6 Å². The van der Waals surface area contributed by atoms with Crippen LogP contribution in [0, 0.1) is 0 Å². The molecule has 2 N–H and O–H groups in total. The number of aromatic nitrogens is 2. The van der Waals surface area contributed by atoms with E-state index in [2.05, 4.69) is 28.7 Å². The molecule has 0 aromatic carbocycles. The second-order valence-corrected chi connectivity index (χ2v) is 4.75. The predicted molar refractivity (Wildman–Crippen MR) is 69.1 cm³/mol. The molecule has 0 aliphatic carbocycles. The topological polar surface area (TPSA) is 75.3 Å². The largest absolute Gasteiger partial charge is 0.368 e. The van der Waals surface area contributed by atoms with Crippen LogP contribution in [0.25, 0.3) is 0 Å². The first-order valence-corrected chi connectivity index (χ1v) is 6.16. The van der Waals surface area contributed by atoms with Gasteiger partial charge in [0.25, 0.3) is 0 Å². The maximum absolute atomic E-state index is 11.6. The van der Waals surface area contributed by atoms with Crippen LogP contribution in [-0.2, 0) is 4.79 Å². The number of rotatable bonds is 3. The van der Waals surface area contributed by atoms with Gasteiger partial charge in [-0.15, -0.1) is 0 Å². The summed E-state index contributed by atoms with van der Waals surface area (Å²) in [6.07, 6.45) is 3.35. The van der Waals surface area contributed by atoms with E-state index in [0.717, 1.165) is 13.1 Å². The molecule has 2 rings (SSSR count). The van der Waals surface area contributed by atoms with Crippen molar-refractivity contribution in [2.75, 3.05) is 24.5 Å². The smallest absolute Gasteiger partial charge is 0.241 e. The molecule has 0 bridgehead atoms. The van der Waals surface area contributed by atoms with Crippen LogP contribution in [0.4, 0.5) is 5.95 Å². The third-order valence-electron chi connectivity index (χ3n) is 3.28. The number of primary amides is 1. The van der Waals surface area contributed by atoms with Crippen molar-refractivity contribution in [3.8, 4) is 0 Å². The normalized spacial score (nSPS) is 21.3. The van der Waals surface area contributed by atoms with E-state index in [4.69, 9.17) is 5.73 Å². The van der Waals surface area contributed by atoms with Crippen molar-refractivity contribution in [1.82, 2.24) is 14.9 Å². The third kappa shape index (κ3) is 2.59. The van der Waals surface area contributed by atoms with Gasteiger partial charge in [0.15, 0.2) is 0 Å². The Bertz CT molecular complexity index is 408. The van der Waals surface area contributed by atoms with E-state index in [1.165, 1.54) is 0 Å². The molecule has 0 saturated carbocycles. The number of nitrogens with two attached hydrogens (primary N) is 1. The van der Waals surface area contributed by atoms with Gasteiger partial charge >= 0.3 is 0 Å². The van der Waals surface area contributed by atoms with Gasteiger partial charge in [-0.3, -0.25) is 9.69 Å². The molecule has 18 heavy (non-hydrogen) atoms. The van der Waals surface area contributed by atoms with Crippen LogP contribution in [0.2, 0.25) is 0 Å². The van der Waals surface area contributed by atoms with Crippen LogP contribution in [0.3, 0.4) is 0 Å². The lowest BCUT2D eigenvalue weighted by molar-refractivity contribution is -0.120. The van der Waals surface area contributed by atoms with Crippen LogP contribution in [0.15, 0.2) is 18.5 Å². The van der Waals surface area contributed by atoms with Gasteiger partial charge in [-0.1, -0.05) is 0 Å². The number of nitrogens with zero attached hydrogens (tertiary/aromatic N) is 4. The van der Waals surface area contributed by atoms with Crippen molar-refractivity contribution >= 4 is 11.9 Å². The molecule has 1 saturated heterocycles. The van der Waals surface area contributed by atoms with Crippen molar-refractivity contribution in [1.29, 1.82) is 0 Å². The lowest BCUT2D eigenvalue weighted by Crippen LogP contribution is -2.60. The number of hydrogen-bond donors (Lipinski definition) is 1. The highest BCUT2D eigenvalue weighted by Crippen LogP contribution is 2.17. The highest BCUT2D eigenvalue weighted by Gasteiger charge is 2.33. The van der Waals surface area contributed by atoms with Gasteiger partial charge in [0.2, 0.25) is 11.9 Å². The van der Waals surface area contributed by atoms with Gasteiger partial charge in [0.1, 0.15) is 6.04 Å². The molecular formula is C12H19N5O. The van der Waals surface area contributed by atoms with Crippen LogP contribution in [-0.4, -0.2) is 52.5 Å². The number of carbonyl (C=O) groups is 1. The lowest BCUT2D eigenvalue weighted by atomic mass is 10.1. The quantitative estimate of drug-likeness (QED) is 0.807. The van der Waals surface area contributed by atoms with E-state index < -0.39 is 0 Å². The van der Waals surface area contributed by atoms with Gasteiger partial charge in [0, 0.05) is 38.1 Å². The molecule has 1 atom stereocenters. The van der Waals surface area contributed by atoms with Gasteiger partial charge in [-0.05, 0) is 19.9 Å².